The van der Waals surface area contributed by atoms with Crippen LogP contribution in [0.3, 0.4) is 0 Å². The lowest BCUT2D eigenvalue weighted by molar-refractivity contribution is -0.137. The van der Waals surface area contributed by atoms with E-state index in [-0.39, 0.29) is 12.1 Å². The average Bonchev–Trinajstić information content (AvgIpc) is 3.38. The van der Waals surface area contributed by atoms with Gasteiger partial charge in [0, 0.05) is 19.1 Å². The van der Waals surface area contributed by atoms with E-state index in [2.05, 4.69) is 66.2 Å². The molecule has 218 valence electrons. The number of nitrogens with one attached hydrogen (secondary N) is 1. The summed E-state index contributed by atoms with van der Waals surface area (Å²) in [6, 6.07) is 14.1. The van der Waals surface area contributed by atoms with Crippen molar-refractivity contribution in [3.05, 3.63) is 89.9 Å². The Labute approximate surface area is 237 Å². The molecule has 1 heterocycles. The third kappa shape index (κ3) is 8.95. The van der Waals surface area contributed by atoms with Gasteiger partial charge >= 0.3 is 6.18 Å². The third-order valence-electron chi connectivity index (χ3n) is 9.00. The number of alkyl halides is 3. The predicted molar refractivity (Wildman–Crippen MR) is 156 cm³/mol. The van der Waals surface area contributed by atoms with Crippen LogP contribution in [-0.4, -0.2) is 24.0 Å². The van der Waals surface area contributed by atoms with E-state index >= 15 is 0 Å². The van der Waals surface area contributed by atoms with E-state index < -0.39 is 17.6 Å². The van der Waals surface area contributed by atoms with Gasteiger partial charge in [0.2, 0.25) is 0 Å². The fourth-order valence-electron chi connectivity index (χ4n) is 6.51. The minimum atomic E-state index is -4.52. The molecule has 5 rings (SSSR count). The lowest BCUT2D eigenvalue weighted by Crippen LogP contribution is -2.44. The summed E-state index contributed by atoms with van der Waals surface area (Å²) in [4.78, 5) is 2.85. The van der Waals surface area contributed by atoms with Crippen LogP contribution in [0.5, 0.6) is 0 Å². The van der Waals surface area contributed by atoms with E-state index in [1.54, 1.807) is 6.42 Å². The smallest absolute Gasteiger partial charge is 0.387 e. The van der Waals surface area contributed by atoms with Crippen LogP contribution in [0.4, 0.5) is 17.6 Å². The average molecular weight is 557 g/mol. The van der Waals surface area contributed by atoms with Crippen LogP contribution in [0.1, 0.15) is 75.0 Å². The second-order valence-electron chi connectivity index (χ2n) is 12.0. The van der Waals surface area contributed by atoms with Crippen molar-refractivity contribution in [1.82, 2.24) is 10.2 Å². The molecule has 0 spiro atoms. The summed E-state index contributed by atoms with van der Waals surface area (Å²) in [6.45, 7) is 8.55. The van der Waals surface area contributed by atoms with E-state index in [0.717, 1.165) is 41.8 Å². The molecule has 40 heavy (non-hydrogen) atoms. The summed E-state index contributed by atoms with van der Waals surface area (Å²) in [5.41, 5.74) is 0.581. The molecule has 2 aromatic carbocycles. The minimum Gasteiger partial charge on any atom is -0.387 e. The summed E-state index contributed by atoms with van der Waals surface area (Å²) < 4.78 is 49.6. The zero-order valence-corrected chi connectivity index (χ0v) is 23.7. The van der Waals surface area contributed by atoms with Gasteiger partial charge < -0.3 is 10.2 Å². The number of nitrogens with zero attached hydrogens (tertiary/aromatic N) is 1. The third-order valence-corrected chi connectivity index (χ3v) is 9.00. The van der Waals surface area contributed by atoms with Crippen LogP contribution in [0.25, 0.3) is 6.08 Å². The van der Waals surface area contributed by atoms with Crippen molar-refractivity contribution in [2.45, 2.75) is 77.1 Å². The number of hydrogen-bond donors (Lipinski definition) is 1. The van der Waals surface area contributed by atoms with Crippen LogP contribution in [0, 0.1) is 29.5 Å². The van der Waals surface area contributed by atoms with E-state index in [1.807, 2.05) is 0 Å². The molecule has 1 aliphatic heterocycles. The van der Waals surface area contributed by atoms with Crippen molar-refractivity contribution in [3.8, 4) is 0 Å². The van der Waals surface area contributed by atoms with E-state index in [0.29, 0.717) is 6.07 Å². The highest BCUT2D eigenvalue weighted by molar-refractivity contribution is 5.49. The lowest BCUT2D eigenvalue weighted by atomic mass is 9.78. The molecule has 0 aromatic heterocycles. The maximum Gasteiger partial charge on any atom is 0.416 e. The predicted octanol–water partition coefficient (Wildman–Crippen LogP) is 9.09. The van der Waals surface area contributed by atoms with Gasteiger partial charge in [0.15, 0.2) is 0 Å². The molecule has 6 heteroatoms. The SMILES string of the molecule is C=CNCc1cc(F)cc(C(F)(F)F)c1.CC1CN(C2CCC(CC3CCC3)C2)CC[C@H]1/C=C\c1ccccc1. The quantitative estimate of drug-likeness (QED) is 0.326. The van der Waals surface area contributed by atoms with Gasteiger partial charge in [-0.2, -0.15) is 13.2 Å². The van der Waals surface area contributed by atoms with E-state index in [4.69, 9.17) is 0 Å². The van der Waals surface area contributed by atoms with Gasteiger partial charge in [0.05, 0.1) is 5.56 Å². The fraction of sp³-hybridized carbons (Fsp3) is 0.529. The molecular weight excluding hydrogens is 512 g/mol. The zero-order chi connectivity index (χ0) is 28.5. The number of halogens is 4. The van der Waals surface area contributed by atoms with Gasteiger partial charge in [0.25, 0.3) is 0 Å². The molecule has 3 fully saturated rings. The monoisotopic (exact) mass is 556 g/mol. The summed E-state index contributed by atoms with van der Waals surface area (Å²) in [5, 5.41) is 2.60. The fourth-order valence-corrected chi connectivity index (χ4v) is 6.51. The Hall–Kier alpha value is -2.60. The topological polar surface area (TPSA) is 15.3 Å². The number of allylic oxidation sites excluding steroid dienone is 1. The first-order chi connectivity index (χ1) is 19.2. The molecule has 4 atom stereocenters. The second-order valence-corrected chi connectivity index (χ2v) is 12.0. The number of piperidine rings is 1. The summed E-state index contributed by atoms with van der Waals surface area (Å²) >= 11 is 0. The molecule has 0 bridgehead atoms. The van der Waals surface area contributed by atoms with Gasteiger partial charge in [-0.1, -0.05) is 75.2 Å². The molecule has 0 radical (unpaired) electrons. The van der Waals surface area contributed by atoms with Crippen molar-refractivity contribution in [1.29, 1.82) is 0 Å². The Balaban J connectivity index is 0.000000212. The maximum atomic E-state index is 12.8. The van der Waals surface area contributed by atoms with Crippen molar-refractivity contribution < 1.29 is 17.6 Å². The lowest BCUT2D eigenvalue weighted by Gasteiger charge is -2.39. The Kier molecular flexibility index (Phi) is 10.9. The summed E-state index contributed by atoms with van der Waals surface area (Å²) in [6.07, 6.45) is 13.5. The van der Waals surface area contributed by atoms with E-state index in [9.17, 15) is 17.6 Å². The molecular formula is C34H44F4N2. The van der Waals surface area contributed by atoms with Gasteiger partial charge in [-0.05, 0) is 97.8 Å². The van der Waals surface area contributed by atoms with Crippen molar-refractivity contribution in [2.24, 2.45) is 23.7 Å². The second kappa shape index (κ2) is 14.3. The van der Waals surface area contributed by atoms with Crippen LogP contribution in [0.2, 0.25) is 0 Å². The Morgan fingerprint density at radius 1 is 1.00 bits per heavy atom. The summed E-state index contributed by atoms with van der Waals surface area (Å²) in [5.74, 6) is 2.78. The molecule has 2 saturated carbocycles. The van der Waals surface area contributed by atoms with Crippen molar-refractivity contribution in [3.63, 3.8) is 0 Å². The van der Waals surface area contributed by atoms with Crippen LogP contribution in [0.15, 0.2) is 67.4 Å². The van der Waals surface area contributed by atoms with Crippen LogP contribution in [-0.2, 0) is 12.7 Å². The maximum absolute atomic E-state index is 12.8. The Morgan fingerprint density at radius 2 is 1.77 bits per heavy atom. The number of rotatable bonds is 8. The highest BCUT2D eigenvalue weighted by Crippen LogP contribution is 2.41. The first-order valence-electron chi connectivity index (χ1n) is 14.9. The largest absolute Gasteiger partial charge is 0.416 e. The summed E-state index contributed by atoms with van der Waals surface area (Å²) in [7, 11) is 0. The molecule has 1 saturated heterocycles. The molecule has 1 N–H and O–H groups in total. The minimum absolute atomic E-state index is 0.115. The molecule has 2 nitrogen and oxygen atoms in total. The van der Waals surface area contributed by atoms with Crippen LogP contribution < -0.4 is 5.32 Å². The zero-order valence-electron chi connectivity index (χ0n) is 23.7. The Morgan fingerprint density at radius 3 is 2.42 bits per heavy atom. The number of benzene rings is 2. The van der Waals surface area contributed by atoms with Gasteiger partial charge in [-0.3, -0.25) is 0 Å². The highest BCUT2D eigenvalue weighted by atomic mass is 19.4. The molecule has 2 aliphatic carbocycles. The van der Waals surface area contributed by atoms with Gasteiger partial charge in [-0.25, -0.2) is 4.39 Å². The van der Waals surface area contributed by atoms with Crippen LogP contribution >= 0.6 is 0 Å². The van der Waals surface area contributed by atoms with Gasteiger partial charge in [-0.15, -0.1) is 0 Å². The first kappa shape index (κ1) is 30.4. The van der Waals surface area contributed by atoms with Crippen molar-refractivity contribution >= 4 is 6.08 Å². The number of hydrogen-bond acceptors (Lipinski definition) is 2. The highest BCUT2D eigenvalue weighted by Gasteiger charge is 2.35. The Bertz CT molecular complexity index is 1090. The van der Waals surface area contributed by atoms with Crippen molar-refractivity contribution in [2.75, 3.05) is 13.1 Å². The molecule has 2 aromatic rings. The molecule has 0 amide bonds. The van der Waals surface area contributed by atoms with E-state index in [1.165, 1.54) is 69.8 Å². The molecule has 3 unspecified atom stereocenters. The van der Waals surface area contributed by atoms with Gasteiger partial charge in [0.1, 0.15) is 5.82 Å². The first-order valence-corrected chi connectivity index (χ1v) is 14.9. The standard InChI is InChI=1S/C24H35N.C10H9F4N/c1-19-18-25(24-13-11-22(17-24)16-21-8-5-9-21)15-14-23(19)12-10-20-6-3-2-4-7-20;1-2-15-6-7-3-8(10(12,13)14)5-9(11)4-7/h2-4,6-7,10,12,19,21-24H,5,8-9,11,13-18H2,1H3;2-5,15H,1,6H2/b12-10-;/t19?,22?,23-,24?;/m1./s1. The molecule has 3 aliphatic rings. The normalized spacial score (nSPS) is 25.7. The number of likely N-dealkylation sites (tertiary alicyclic amines) is 1.